The van der Waals surface area contributed by atoms with E-state index in [0.29, 0.717) is 5.92 Å². The summed E-state index contributed by atoms with van der Waals surface area (Å²) in [5, 5.41) is 6.83. The van der Waals surface area contributed by atoms with Crippen LogP contribution in [0.25, 0.3) is 0 Å². The van der Waals surface area contributed by atoms with Gasteiger partial charge in [-0.15, -0.1) is 12.4 Å². The molecule has 156 valence electrons. The highest BCUT2D eigenvalue weighted by molar-refractivity contribution is 5.99. The molecule has 3 aromatic rings. The Balaban J connectivity index is 0.00000320. The largest absolute Gasteiger partial charge is 0.322 e. The zero-order chi connectivity index (χ0) is 20.7. The van der Waals surface area contributed by atoms with E-state index in [2.05, 4.69) is 85.7 Å². The van der Waals surface area contributed by atoms with Gasteiger partial charge in [0.25, 0.3) is 0 Å². The van der Waals surface area contributed by atoms with Gasteiger partial charge < -0.3 is 5.32 Å². The first kappa shape index (κ1) is 23.4. The molecule has 0 heterocycles. The summed E-state index contributed by atoms with van der Waals surface area (Å²) >= 11 is 0. The van der Waals surface area contributed by atoms with Gasteiger partial charge in [0, 0.05) is 11.3 Å². The van der Waals surface area contributed by atoms with Gasteiger partial charge in [-0.25, -0.2) is 0 Å². The monoisotopic (exact) mass is 420 g/mol. The fourth-order valence-corrected chi connectivity index (χ4v) is 3.61. The first-order valence-corrected chi connectivity index (χ1v) is 9.97. The molecule has 0 spiro atoms. The summed E-state index contributed by atoms with van der Waals surface area (Å²) in [5.74, 6) is 0.230. The van der Waals surface area contributed by atoms with Crippen molar-refractivity contribution in [2.45, 2.75) is 19.4 Å². The van der Waals surface area contributed by atoms with Crippen molar-refractivity contribution in [1.29, 1.82) is 0 Å². The summed E-state index contributed by atoms with van der Waals surface area (Å²) in [6.45, 7) is 8.80. The number of anilines is 1. The predicted molar refractivity (Wildman–Crippen MR) is 128 cm³/mol. The van der Waals surface area contributed by atoms with Crippen LogP contribution in [0.15, 0.2) is 97.6 Å². The van der Waals surface area contributed by atoms with E-state index in [-0.39, 0.29) is 18.3 Å². The van der Waals surface area contributed by atoms with Crippen LogP contribution in [0.4, 0.5) is 5.69 Å². The third-order valence-electron chi connectivity index (χ3n) is 4.96. The van der Waals surface area contributed by atoms with E-state index >= 15 is 0 Å². The first-order chi connectivity index (χ1) is 14.1. The fourth-order valence-electron chi connectivity index (χ4n) is 3.61. The molecule has 3 nitrogen and oxygen atoms in total. The van der Waals surface area contributed by atoms with Gasteiger partial charge in [0.05, 0.1) is 5.54 Å². The zero-order valence-corrected chi connectivity index (χ0v) is 18.3. The van der Waals surface area contributed by atoms with Crippen molar-refractivity contribution in [3.05, 3.63) is 114 Å². The van der Waals surface area contributed by atoms with Crippen LogP contribution in [0, 0.1) is 5.92 Å². The second-order valence-electron chi connectivity index (χ2n) is 7.50. The number of amides is 1. The maximum absolute atomic E-state index is 12.1. The van der Waals surface area contributed by atoms with Gasteiger partial charge in [-0.05, 0) is 35.7 Å². The zero-order valence-electron chi connectivity index (χ0n) is 17.5. The lowest BCUT2D eigenvalue weighted by atomic mass is 9.76. The Hall–Kier alpha value is -2.88. The smallest absolute Gasteiger partial charge is 0.247 e. The average Bonchev–Trinajstić information content (AvgIpc) is 2.76. The lowest BCUT2D eigenvalue weighted by Gasteiger charge is -2.39. The molecule has 4 heteroatoms. The number of nitrogens with one attached hydrogen (secondary N) is 2. The molecule has 0 atom stereocenters. The number of benzene rings is 3. The van der Waals surface area contributed by atoms with Crippen molar-refractivity contribution in [2.75, 3.05) is 11.9 Å². The van der Waals surface area contributed by atoms with Crippen LogP contribution < -0.4 is 10.6 Å². The number of halogens is 1. The number of para-hydroxylation sites is 1. The highest BCUT2D eigenvalue weighted by atomic mass is 35.5. The molecule has 0 aliphatic rings. The Morgan fingerprint density at radius 1 is 0.900 bits per heavy atom. The van der Waals surface area contributed by atoms with Crippen LogP contribution in [0.5, 0.6) is 0 Å². The molecule has 0 saturated heterocycles. The predicted octanol–water partition coefficient (Wildman–Crippen LogP) is 5.77. The van der Waals surface area contributed by atoms with E-state index < -0.39 is 5.54 Å². The molecular weight excluding hydrogens is 392 g/mol. The van der Waals surface area contributed by atoms with Gasteiger partial charge in [0.15, 0.2) is 0 Å². The number of hydrogen-bond acceptors (Lipinski definition) is 2. The van der Waals surface area contributed by atoms with E-state index in [1.54, 1.807) is 0 Å². The quantitative estimate of drug-likeness (QED) is 0.358. The van der Waals surface area contributed by atoms with Gasteiger partial charge in [0.1, 0.15) is 0 Å². The second-order valence-corrected chi connectivity index (χ2v) is 7.50. The van der Waals surface area contributed by atoms with E-state index in [0.717, 1.165) is 28.9 Å². The van der Waals surface area contributed by atoms with E-state index in [1.165, 1.54) is 6.08 Å². The van der Waals surface area contributed by atoms with E-state index in [1.807, 2.05) is 30.3 Å². The van der Waals surface area contributed by atoms with Gasteiger partial charge in [-0.3, -0.25) is 10.1 Å². The van der Waals surface area contributed by atoms with Crippen molar-refractivity contribution < 1.29 is 4.79 Å². The van der Waals surface area contributed by atoms with Crippen LogP contribution in [-0.4, -0.2) is 12.5 Å². The highest BCUT2D eigenvalue weighted by Gasteiger charge is 2.37. The fraction of sp³-hybridized carbons (Fsp3) is 0.192. The molecule has 30 heavy (non-hydrogen) atoms. The van der Waals surface area contributed by atoms with Crippen LogP contribution >= 0.6 is 12.4 Å². The maximum Gasteiger partial charge on any atom is 0.247 e. The molecule has 2 N–H and O–H groups in total. The van der Waals surface area contributed by atoms with Gasteiger partial charge in [-0.1, -0.05) is 99.3 Å². The minimum Gasteiger partial charge on any atom is -0.322 e. The third-order valence-corrected chi connectivity index (χ3v) is 4.96. The number of hydrogen-bond donors (Lipinski definition) is 2. The molecule has 0 saturated carbocycles. The van der Waals surface area contributed by atoms with Crippen LogP contribution in [0.1, 0.15) is 30.5 Å². The van der Waals surface area contributed by atoms with Crippen LogP contribution in [0.2, 0.25) is 0 Å². The Bertz CT molecular complexity index is 916. The molecule has 0 aromatic heterocycles. The lowest BCUT2D eigenvalue weighted by Crippen LogP contribution is -2.46. The summed E-state index contributed by atoms with van der Waals surface area (Å²) in [4.78, 5) is 12.1. The normalized spacial score (nSPS) is 10.9. The molecule has 3 rings (SSSR count). The Morgan fingerprint density at radius 2 is 1.40 bits per heavy atom. The van der Waals surface area contributed by atoms with Crippen LogP contribution in [-0.2, 0) is 10.3 Å². The van der Waals surface area contributed by atoms with Gasteiger partial charge >= 0.3 is 0 Å². The van der Waals surface area contributed by atoms with Crippen LogP contribution in [0.3, 0.4) is 0 Å². The van der Waals surface area contributed by atoms with Gasteiger partial charge in [0.2, 0.25) is 5.91 Å². The van der Waals surface area contributed by atoms with E-state index in [4.69, 9.17) is 0 Å². The summed E-state index contributed by atoms with van der Waals surface area (Å²) in [6, 6.07) is 28.7. The van der Waals surface area contributed by atoms with E-state index in [9.17, 15) is 4.79 Å². The molecular formula is C26H29ClN2O. The number of rotatable bonds is 8. The molecule has 0 bridgehead atoms. The topological polar surface area (TPSA) is 41.1 Å². The SMILES string of the molecule is C=CC(=O)Nc1ccccc1C(NCC(C)C)(c1ccccc1)c1ccccc1.Cl. The van der Waals surface area contributed by atoms with Crippen molar-refractivity contribution >= 4 is 24.0 Å². The molecule has 0 aliphatic carbocycles. The Labute approximate surface area is 185 Å². The standard InChI is InChI=1S/C26H28N2O.ClH/c1-4-25(29)28-24-18-12-11-17-23(24)26(27-19-20(2)3,21-13-7-5-8-14-21)22-15-9-6-10-16-22;/h4-18,20,27H,1,19H2,2-3H3,(H,28,29);1H. The molecule has 0 unspecified atom stereocenters. The lowest BCUT2D eigenvalue weighted by molar-refractivity contribution is -0.111. The molecule has 0 aliphatic heterocycles. The number of carbonyl (C=O) groups is 1. The van der Waals surface area contributed by atoms with Gasteiger partial charge in [-0.2, -0.15) is 0 Å². The summed E-state index contributed by atoms with van der Waals surface area (Å²) in [6.07, 6.45) is 1.30. The minimum atomic E-state index is -0.613. The minimum absolute atomic E-state index is 0. The summed E-state index contributed by atoms with van der Waals surface area (Å²) < 4.78 is 0. The Kier molecular flexibility index (Phi) is 8.40. The Morgan fingerprint density at radius 3 is 1.90 bits per heavy atom. The first-order valence-electron chi connectivity index (χ1n) is 9.97. The van der Waals surface area contributed by atoms with Crippen molar-refractivity contribution in [2.24, 2.45) is 5.92 Å². The number of carbonyl (C=O) groups excluding carboxylic acids is 1. The molecule has 1 amide bonds. The molecule has 0 fully saturated rings. The molecule has 3 aromatic carbocycles. The second kappa shape index (κ2) is 10.8. The maximum atomic E-state index is 12.1. The van der Waals surface area contributed by atoms with Crippen molar-refractivity contribution in [3.63, 3.8) is 0 Å². The molecule has 0 radical (unpaired) electrons. The summed E-state index contributed by atoms with van der Waals surface area (Å²) in [5.41, 5.74) is 3.38. The average molecular weight is 421 g/mol. The van der Waals surface area contributed by atoms with Crippen molar-refractivity contribution in [3.8, 4) is 0 Å². The third kappa shape index (κ3) is 4.99. The summed E-state index contributed by atoms with van der Waals surface area (Å²) in [7, 11) is 0. The van der Waals surface area contributed by atoms with Crippen molar-refractivity contribution in [1.82, 2.24) is 5.32 Å². The highest BCUT2D eigenvalue weighted by Crippen LogP contribution is 2.40.